The predicted octanol–water partition coefficient (Wildman–Crippen LogP) is 1.72. The Hall–Kier alpha value is -2.08. The van der Waals surface area contributed by atoms with Crippen LogP contribution >= 0.6 is 0 Å². The Balaban J connectivity index is 1.56. The molecule has 1 aromatic rings. The maximum atomic E-state index is 12.1. The van der Waals surface area contributed by atoms with Crippen LogP contribution in [0.2, 0.25) is 0 Å². The number of hydrogen-bond acceptors (Lipinski definition) is 5. The standard InChI is InChI=1S/C18H24N2O4/c19-17(21)14-3-1-9-20(11-14)15-7-5-13(6-8-15)18(22)24-12-16-4-2-10-23-16/h5-8,14,16H,1-4,9-12H2,(H2,19,21)/t14-,16+/m0/s1. The molecule has 130 valence electrons. The van der Waals surface area contributed by atoms with E-state index < -0.39 is 0 Å². The molecule has 1 amide bonds. The van der Waals surface area contributed by atoms with E-state index in [0.29, 0.717) is 18.7 Å². The smallest absolute Gasteiger partial charge is 0.338 e. The topological polar surface area (TPSA) is 81.9 Å². The highest BCUT2D eigenvalue weighted by Gasteiger charge is 2.24. The molecule has 0 saturated carbocycles. The van der Waals surface area contributed by atoms with Gasteiger partial charge in [-0.2, -0.15) is 0 Å². The van der Waals surface area contributed by atoms with Gasteiger partial charge in [-0.15, -0.1) is 0 Å². The fraction of sp³-hybridized carbons (Fsp3) is 0.556. The molecule has 3 rings (SSSR count). The Bertz CT molecular complexity index is 581. The first-order valence-corrected chi connectivity index (χ1v) is 8.56. The summed E-state index contributed by atoms with van der Waals surface area (Å²) < 4.78 is 10.8. The number of hydrogen-bond donors (Lipinski definition) is 1. The number of carbonyl (C=O) groups excluding carboxylic acids is 2. The van der Waals surface area contributed by atoms with E-state index >= 15 is 0 Å². The lowest BCUT2D eigenvalue weighted by Crippen LogP contribution is -2.41. The first-order valence-electron chi connectivity index (χ1n) is 8.56. The summed E-state index contributed by atoms with van der Waals surface area (Å²) in [6.07, 6.45) is 3.80. The Labute approximate surface area is 141 Å². The first kappa shape index (κ1) is 16.8. The monoisotopic (exact) mass is 332 g/mol. The highest BCUT2D eigenvalue weighted by molar-refractivity contribution is 5.89. The molecule has 2 aliphatic rings. The van der Waals surface area contributed by atoms with Crippen molar-refractivity contribution in [2.75, 3.05) is 31.2 Å². The van der Waals surface area contributed by atoms with E-state index in [1.54, 1.807) is 12.1 Å². The predicted molar refractivity (Wildman–Crippen MR) is 89.8 cm³/mol. The number of nitrogens with zero attached hydrogens (tertiary/aromatic N) is 1. The van der Waals surface area contributed by atoms with Gasteiger partial charge in [0.1, 0.15) is 6.61 Å². The van der Waals surface area contributed by atoms with Gasteiger partial charge in [-0.25, -0.2) is 4.79 Å². The number of nitrogens with two attached hydrogens (primary N) is 1. The Morgan fingerprint density at radius 1 is 1.21 bits per heavy atom. The van der Waals surface area contributed by atoms with Crippen LogP contribution in [0.5, 0.6) is 0 Å². The molecule has 2 N–H and O–H groups in total. The molecule has 0 unspecified atom stereocenters. The summed E-state index contributed by atoms with van der Waals surface area (Å²) in [7, 11) is 0. The normalized spacial score (nSPS) is 23.9. The lowest BCUT2D eigenvalue weighted by atomic mass is 9.97. The minimum atomic E-state index is -0.328. The van der Waals surface area contributed by atoms with Crippen molar-refractivity contribution in [2.45, 2.75) is 31.8 Å². The van der Waals surface area contributed by atoms with E-state index in [0.717, 1.165) is 44.5 Å². The third-order valence-electron chi connectivity index (χ3n) is 4.72. The summed E-state index contributed by atoms with van der Waals surface area (Å²) >= 11 is 0. The SMILES string of the molecule is NC(=O)[C@H]1CCCN(c2ccc(C(=O)OC[C@H]3CCCO3)cc2)C1. The number of benzene rings is 1. The summed E-state index contributed by atoms with van der Waals surface area (Å²) in [5, 5.41) is 0. The van der Waals surface area contributed by atoms with Crippen LogP contribution in [-0.2, 0) is 14.3 Å². The summed E-state index contributed by atoms with van der Waals surface area (Å²) in [5.74, 6) is -0.672. The van der Waals surface area contributed by atoms with E-state index in [1.807, 2.05) is 12.1 Å². The molecule has 24 heavy (non-hydrogen) atoms. The quantitative estimate of drug-likeness (QED) is 0.830. The van der Waals surface area contributed by atoms with Gasteiger partial charge >= 0.3 is 5.97 Å². The van der Waals surface area contributed by atoms with E-state index in [4.69, 9.17) is 15.2 Å². The number of amides is 1. The molecule has 1 aromatic carbocycles. The van der Waals surface area contributed by atoms with E-state index in [2.05, 4.69) is 4.90 Å². The lowest BCUT2D eigenvalue weighted by molar-refractivity contribution is -0.122. The lowest BCUT2D eigenvalue weighted by Gasteiger charge is -2.33. The van der Waals surface area contributed by atoms with Crippen LogP contribution in [-0.4, -0.2) is 44.3 Å². The van der Waals surface area contributed by atoms with Crippen LogP contribution < -0.4 is 10.6 Å². The number of carbonyl (C=O) groups is 2. The Kier molecular flexibility index (Phi) is 5.35. The highest BCUT2D eigenvalue weighted by Crippen LogP contribution is 2.23. The van der Waals surface area contributed by atoms with Crippen LogP contribution in [0.1, 0.15) is 36.0 Å². The average molecular weight is 332 g/mol. The van der Waals surface area contributed by atoms with Gasteiger partial charge in [0.2, 0.25) is 5.91 Å². The number of piperidine rings is 1. The number of ether oxygens (including phenoxy) is 2. The van der Waals surface area contributed by atoms with Crippen molar-refractivity contribution < 1.29 is 19.1 Å². The van der Waals surface area contributed by atoms with Crippen LogP contribution in [0.25, 0.3) is 0 Å². The fourth-order valence-electron chi connectivity index (χ4n) is 3.28. The summed E-state index contributed by atoms with van der Waals surface area (Å²) in [6, 6.07) is 7.32. The highest BCUT2D eigenvalue weighted by atomic mass is 16.6. The van der Waals surface area contributed by atoms with Gasteiger partial charge in [-0.3, -0.25) is 4.79 Å². The van der Waals surface area contributed by atoms with Crippen LogP contribution in [0.4, 0.5) is 5.69 Å². The first-order chi connectivity index (χ1) is 11.6. The Morgan fingerprint density at radius 3 is 2.67 bits per heavy atom. The molecule has 2 saturated heterocycles. The van der Waals surface area contributed by atoms with Crippen molar-refractivity contribution in [1.82, 2.24) is 0 Å². The number of rotatable bonds is 5. The van der Waals surface area contributed by atoms with Crippen molar-refractivity contribution in [3.8, 4) is 0 Å². The van der Waals surface area contributed by atoms with E-state index in [1.165, 1.54) is 0 Å². The Morgan fingerprint density at radius 2 is 2.00 bits per heavy atom. The van der Waals surface area contributed by atoms with Gasteiger partial charge in [-0.05, 0) is 49.9 Å². The third-order valence-corrected chi connectivity index (χ3v) is 4.72. The number of primary amides is 1. The van der Waals surface area contributed by atoms with Gasteiger partial charge in [-0.1, -0.05) is 0 Å². The maximum Gasteiger partial charge on any atom is 0.338 e. The zero-order valence-electron chi connectivity index (χ0n) is 13.8. The molecular weight excluding hydrogens is 308 g/mol. The molecule has 0 aliphatic carbocycles. The summed E-state index contributed by atoms with van der Waals surface area (Å²) in [4.78, 5) is 25.6. The molecule has 0 radical (unpaired) electrons. The zero-order valence-corrected chi connectivity index (χ0v) is 13.8. The van der Waals surface area contributed by atoms with Gasteiger partial charge in [0, 0.05) is 25.4 Å². The molecular formula is C18H24N2O4. The molecule has 0 bridgehead atoms. The zero-order chi connectivity index (χ0) is 16.9. The molecule has 2 aliphatic heterocycles. The maximum absolute atomic E-state index is 12.1. The minimum absolute atomic E-state index is 0.0345. The molecule has 0 aromatic heterocycles. The molecule has 6 nitrogen and oxygen atoms in total. The minimum Gasteiger partial charge on any atom is -0.459 e. The van der Waals surface area contributed by atoms with Crippen molar-refractivity contribution in [3.05, 3.63) is 29.8 Å². The van der Waals surface area contributed by atoms with Crippen molar-refractivity contribution in [1.29, 1.82) is 0 Å². The van der Waals surface area contributed by atoms with Crippen molar-refractivity contribution in [2.24, 2.45) is 11.7 Å². The second-order valence-corrected chi connectivity index (χ2v) is 6.47. The van der Waals surface area contributed by atoms with Gasteiger partial charge in [0.05, 0.1) is 17.6 Å². The van der Waals surface area contributed by atoms with Crippen LogP contribution in [0.3, 0.4) is 0 Å². The van der Waals surface area contributed by atoms with E-state index in [9.17, 15) is 9.59 Å². The number of esters is 1. The largest absolute Gasteiger partial charge is 0.459 e. The second kappa shape index (κ2) is 7.66. The van der Waals surface area contributed by atoms with E-state index in [-0.39, 0.29) is 23.9 Å². The fourth-order valence-corrected chi connectivity index (χ4v) is 3.28. The van der Waals surface area contributed by atoms with Gasteiger partial charge < -0.3 is 20.1 Å². The molecule has 2 fully saturated rings. The van der Waals surface area contributed by atoms with Gasteiger partial charge in [0.25, 0.3) is 0 Å². The molecule has 6 heteroatoms. The van der Waals surface area contributed by atoms with Crippen LogP contribution in [0.15, 0.2) is 24.3 Å². The molecule has 0 spiro atoms. The van der Waals surface area contributed by atoms with Crippen molar-refractivity contribution >= 4 is 17.6 Å². The van der Waals surface area contributed by atoms with Crippen LogP contribution in [0, 0.1) is 5.92 Å². The van der Waals surface area contributed by atoms with Crippen molar-refractivity contribution in [3.63, 3.8) is 0 Å². The third kappa shape index (κ3) is 4.06. The number of anilines is 1. The van der Waals surface area contributed by atoms with Gasteiger partial charge in [0.15, 0.2) is 0 Å². The molecule has 2 atom stereocenters. The molecule has 2 heterocycles. The average Bonchev–Trinajstić information content (AvgIpc) is 3.13. The summed E-state index contributed by atoms with van der Waals surface area (Å²) in [6.45, 7) is 2.59. The summed E-state index contributed by atoms with van der Waals surface area (Å²) in [5.41, 5.74) is 6.94. The second-order valence-electron chi connectivity index (χ2n) is 6.47.